The smallest absolute Gasteiger partial charge is 0.244 e. The van der Waals surface area contributed by atoms with Crippen molar-refractivity contribution in [3.8, 4) is 11.5 Å². The maximum atomic E-state index is 13.8. The van der Waals surface area contributed by atoms with E-state index in [0.29, 0.717) is 17.7 Å². The molecular formula is C27H36FN3O6S. The zero-order valence-corrected chi connectivity index (χ0v) is 23.1. The number of amides is 2. The van der Waals surface area contributed by atoms with Gasteiger partial charge in [0.15, 0.2) is 0 Å². The number of anilines is 1. The minimum absolute atomic E-state index is 0.00253. The summed E-state index contributed by atoms with van der Waals surface area (Å²) in [5.41, 5.74) is 0.740. The van der Waals surface area contributed by atoms with Gasteiger partial charge in [0, 0.05) is 18.7 Å². The van der Waals surface area contributed by atoms with Gasteiger partial charge in [0.25, 0.3) is 0 Å². The van der Waals surface area contributed by atoms with Crippen molar-refractivity contribution in [1.29, 1.82) is 0 Å². The number of methoxy groups -OCH3 is 2. The number of sulfonamides is 1. The van der Waals surface area contributed by atoms with Crippen molar-refractivity contribution in [2.75, 3.05) is 31.3 Å². The molecule has 38 heavy (non-hydrogen) atoms. The van der Waals surface area contributed by atoms with E-state index in [2.05, 4.69) is 5.32 Å². The van der Waals surface area contributed by atoms with Gasteiger partial charge >= 0.3 is 0 Å². The number of nitrogens with one attached hydrogen (secondary N) is 1. The highest BCUT2D eigenvalue weighted by molar-refractivity contribution is 7.92. The summed E-state index contributed by atoms with van der Waals surface area (Å²) in [5.74, 6) is -0.684. The Bertz CT molecular complexity index is 1220. The first kappa shape index (κ1) is 29.2. The largest absolute Gasteiger partial charge is 0.497 e. The molecule has 0 aromatic heterocycles. The van der Waals surface area contributed by atoms with E-state index < -0.39 is 34.3 Å². The Hall–Kier alpha value is -3.34. The van der Waals surface area contributed by atoms with Crippen LogP contribution < -0.4 is 19.1 Å². The number of halogens is 1. The molecule has 9 nitrogen and oxygen atoms in total. The monoisotopic (exact) mass is 549 g/mol. The molecule has 0 bridgehead atoms. The zero-order valence-electron chi connectivity index (χ0n) is 22.3. The Labute approximate surface area is 224 Å². The lowest BCUT2D eigenvalue weighted by atomic mass is 10.1. The third-order valence-corrected chi connectivity index (χ3v) is 7.81. The SMILES string of the molecule is CC[C@@H](C(=O)NC1CCCC1)N(Cc1ccc(F)cc1)C(=O)CN(c1cc(OC)ccc1OC)S(C)(=O)=O. The molecule has 0 unspecified atom stereocenters. The second-order valence-corrected chi connectivity index (χ2v) is 11.3. The first-order valence-corrected chi connectivity index (χ1v) is 14.5. The summed E-state index contributed by atoms with van der Waals surface area (Å²) >= 11 is 0. The first-order valence-electron chi connectivity index (χ1n) is 12.6. The molecule has 0 heterocycles. The Morgan fingerprint density at radius 2 is 1.74 bits per heavy atom. The lowest BCUT2D eigenvalue weighted by Crippen LogP contribution is -2.53. The zero-order chi connectivity index (χ0) is 27.9. The van der Waals surface area contributed by atoms with Crippen LogP contribution in [-0.4, -0.2) is 64.2 Å². The molecule has 11 heteroatoms. The summed E-state index contributed by atoms with van der Waals surface area (Å²) in [4.78, 5) is 28.5. The molecule has 1 fully saturated rings. The maximum Gasteiger partial charge on any atom is 0.244 e. The van der Waals surface area contributed by atoms with Crippen molar-refractivity contribution in [2.45, 2.75) is 57.7 Å². The normalized spacial score (nSPS) is 14.6. The van der Waals surface area contributed by atoms with Crippen LogP contribution in [0.3, 0.4) is 0 Å². The fraction of sp³-hybridized carbons (Fsp3) is 0.481. The number of ether oxygens (including phenoxy) is 2. The number of rotatable bonds is 12. The van der Waals surface area contributed by atoms with E-state index >= 15 is 0 Å². The highest BCUT2D eigenvalue weighted by atomic mass is 32.2. The molecule has 1 atom stereocenters. The third kappa shape index (κ3) is 7.37. The standard InChI is InChI=1S/C27H36FN3O6S/c1-5-23(27(33)29-21-8-6-7-9-21)30(17-19-10-12-20(28)13-11-19)26(32)18-31(38(4,34)35)24-16-22(36-2)14-15-25(24)37-3/h10-16,21,23H,5-9,17-18H2,1-4H3,(H,29,33)/t23-/m0/s1. The van der Waals surface area contributed by atoms with Crippen LogP contribution in [0.15, 0.2) is 42.5 Å². The molecule has 1 aliphatic carbocycles. The van der Waals surface area contributed by atoms with Crippen molar-refractivity contribution < 1.29 is 31.9 Å². The number of carbonyl (C=O) groups is 2. The Balaban J connectivity index is 1.97. The predicted molar refractivity (Wildman–Crippen MR) is 143 cm³/mol. The molecular weight excluding hydrogens is 513 g/mol. The van der Waals surface area contributed by atoms with Gasteiger partial charge in [-0.1, -0.05) is 31.9 Å². The molecule has 0 saturated heterocycles. The van der Waals surface area contributed by atoms with Crippen LogP contribution in [0, 0.1) is 5.82 Å². The van der Waals surface area contributed by atoms with E-state index in [9.17, 15) is 22.4 Å². The van der Waals surface area contributed by atoms with Gasteiger partial charge in [-0.2, -0.15) is 0 Å². The Morgan fingerprint density at radius 1 is 1.08 bits per heavy atom. The van der Waals surface area contributed by atoms with E-state index in [1.807, 2.05) is 0 Å². The molecule has 1 aliphatic rings. The van der Waals surface area contributed by atoms with Crippen molar-refractivity contribution in [2.24, 2.45) is 0 Å². The summed E-state index contributed by atoms with van der Waals surface area (Å²) in [6.07, 6.45) is 5.13. The molecule has 0 radical (unpaired) electrons. The van der Waals surface area contributed by atoms with Crippen LogP contribution in [0.1, 0.15) is 44.6 Å². The quantitative estimate of drug-likeness (QED) is 0.435. The summed E-state index contributed by atoms with van der Waals surface area (Å²) < 4.78 is 50.9. The number of hydrogen-bond acceptors (Lipinski definition) is 6. The second kappa shape index (κ2) is 12.9. The Kier molecular flexibility index (Phi) is 9.96. The van der Waals surface area contributed by atoms with Gasteiger partial charge in [-0.3, -0.25) is 13.9 Å². The summed E-state index contributed by atoms with van der Waals surface area (Å²) in [5, 5.41) is 3.05. The lowest BCUT2D eigenvalue weighted by Gasteiger charge is -2.33. The third-order valence-electron chi connectivity index (χ3n) is 6.69. The molecule has 1 N–H and O–H groups in total. The van der Waals surface area contributed by atoms with Gasteiger partial charge in [0.05, 0.1) is 26.2 Å². The van der Waals surface area contributed by atoms with Crippen LogP contribution in [0.4, 0.5) is 10.1 Å². The average Bonchev–Trinajstić information content (AvgIpc) is 3.40. The summed E-state index contributed by atoms with van der Waals surface area (Å²) in [6, 6.07) is 9.48. The minimum Gasteiger partial charge on any atom is -0.497 e. The summed E-state index contributed by atoms with van der Waals surface area (Å²) in [7, 11) is -1.11. The van der Waals surface area contributed by atoms with Crippen molar-refractivity contribution in [3.05, 3.63) is 53.8 Å². The second-order valence-electron chi connectivity index (χ2n) is 9.37. The fourth-order valence-electron chi connectivity index (χ4n) is 4.66. The van der Waals surface area contributed by atoms with Crippen LogP contribution in [0.25, 0.3) is 0 Å². The fourth-order valence-corrected chi connectivity index (χ4v) is 5.50. The van der Waals surface area contributed by atoms with Gasteiger partial charge in [0.2, 0.25) is 21.8 Å². The van der Waals surface area contributed by atoms with Crippen LogP contribution in [0.2, 0.25) is 0 Å². The molecule has 2 aromatic rings. The van der Waals surface area contributed by atoms with Gasteiger partial charge in [-0.25, -0.2) is 12.8 Å². The molecule has 0 spiro atoms. The van der Waals surface area contributed by atoms with Crippen LogP contribution in [-0.2, 0) is 26.2 Å². The van der Waals surface area contributed by atoms with Crippen LogP contribution >= 0.6 is 0 Å². The minimum atomic E-state index is -3.95. The molecule has 3 rings (SSSR count). The lowest BCUT2D eigenvalue weighted by molar-refractivity contribution is -0.140. The topological polar surface area (TPSA) is 105 Å². The van der Waals surface area contributed by atoms with Crippen LogP contribution in [0.5, 0.6) is 11.5 Å². The molecule has 208 valence electrons. The number of nitrogens with zero attached hydrogens (tertiary/aromatic N) is 2. The highest BCUT2D eigenvalue weighted by Gasteiger charge is 2.33. The van der Waals surface area contributed by atoms with Gasteiger partial charge in [0.1, 0.15) is 29.9 Å². The predicted octanol–water partition coefficient (Wildman–Crippen LogP) is 3.48. The van der Waals surface area contributed by atoms with E-state index in [0.717, 1.165) is 36.2 Å². The molecule has 2 aromatic carbocycles. The van der Waals surface area contributed by atoms with E-state index in [-0.39, 0.29) is 29.9 Å². The Morgan fingerprint density at radius 3 is 2.29 bits per heavy atom. The molecule has 1 saturated carbocycles. The average molecular weight is 550 g/mol. The van der Waals surface area contributed by atoms with Gasteiger partial charge in [-0.05, 0) is 49.1 Å². The van der Waals surface area contributed by atoms with Crippen molar-refractivity contribution in [3.63, 3.8) is 0 Å². The van der Waals surface area contributed by atoms with E-state index in [1.54, 1.807) is 19.1 Å². The highest BCUT2D eigenvalue weighted by Crippen LogP contribution is 2.34. The van der Waals surface area contributed by atoms with Crippen molar-refractivity contribution >= 4 is 27.5 Å². The summed E-state index contributed by atoms with van der Waals surface area (Å²) in [6.45, 7) is 1.22. The van der Waals surface area contributed by atoms with E-state index in [4.69, 9.17) is 9.47 Å². The number of hydrogen-bond donors (Lipinski definition) is 1. The van der Waals surface area contributed by atoms with Gasteiger partial charge < -0.3 is 19.7 Å². The molecule has 0 aliphatic heterocycles. The molecule has 2 amide bonds. The first-order chi connectivity index (χ1) is 18.1. The van der Waals surface area contributed by atoms with Gasteiger partial charge in [-0.15, -0.1) is 0 Å². The van der Waals surface area contributed by atoms with E-state index in [1.165, 1.54) is 49.5 Å². The number of carbonyl (C=O) groups excluding carboxylic acids is 2. The van der Waals surface area contributed by atoms with Crippen molar-refractivity contribution in [1.82, 2.24) is 10.2 Å². The number of benzene rings is 2. The maximum absolute atomic E-state index is 13.8.